The van der Waals surface area contributed by atoms with Crippen LogP contribution in [0.2, 0.25) is 0 Å². The molecule has 28 heavy (non-hydrogen) atoms. The third-order valence-electron chi connectivity index (χ3n) is 5.02. The van der Waals surface area contributed by atoms with Gasteiger partial charge in [0.05, 0.1) is 5.92 Å². The lowest BCUT2D eigenvalue weighted by Gasteiger charge is -2.32. The molecule has 1 saturated heterocycles. The van der Waals surface area contributed by atoms with Crippen LogP contribution in [0.5, 0.6) is 0 Å². The highest BCUT2D eigenvalue weighted by molar-refractivity contribution is 5.85. The van der Waals surface area contributed by atoms with E-state index in [1.165, 1.54) is 5.56 Å². The molecule has 0 spiro atoms. The molecule has 1 aromatic heterocycles. The van der Waals surface area contributed by atoms with Crippen molar-refractivity contribution in [3.05, 3.63) is 54.2 Å². The van der Waals surface area contributed by atoms with Gasteiger partial charge in [-0.2, -0.15) is 0 Å². The monoisotopic (exact) mass is 403 g/mol. The second-order valence-electron chi connectivity index (χ2n) is 7.07. The van der Waals surface area contributed by atoms with Crippen molar-refractivity contribution in [3.8, 4) is 0 Å². The van der Waals surface area contributed by atoms with Crippen LogP contribution in [-0.4, -0.2) is 49.0 Å². The number of piperidine rings is 1. The van der Waals surface area contributed by atoms with E-state index in [1.54, 1.807) is 0 Å². The van der Waals surface area contributed by atoms with Crippen molar-refractivity contribution in [2.75, 3.05) is 38.1 Å². The molecule has 1 atom stereocenters. The van der Waals surface area contributed by atoms with Crippen LogP contribution in [0, 0.1) is 5.92 Å². The molecule has 1 aliphatic rings. The number of carbonyl (C=O) groups excluding carboxylic acids is 1. The molecule has 7 heteroatoms. The maximum Gasteiger partial charge on any atom is 0.224 e. The van der Waals surface area contributed by atoms with E-state index in [0.717, 1.165) is 44.0 Å². The Morgan fingerprint density at radius 2 is 2.07 bits per heavy atom. The number of aromatic nitrogens is 1. The molecular formula is C21H30ClN5O. The highest BCUT2D eigenvalue weighted by atomic mass is 35.5. The molecular weight excluding hydrogens is 374 g/mol. The number of hydrogen-bond acceptors (Lipinski definition) is 5. The van der Waals surface area contributed by atoms with Gasteiger partial charge < -0.3 is 16.0 Å². The molecule has 152 valence electrons. The van der Waals surface area contributed by atoms with E-state index in [0.29, 0.717) is 13.1 Å². The Morgan fingerprint density at radius 1 is 1.29 bits per heavy atom. The fourth-order valence-corrected chi connectivity index (χ4v) is 3.50. The number of amides is 1. The molecule has 0 bridgehead atoms. The Morgan fingerprint density at radius 3 is 2.75 bits per heavy atom. The van der Waals surface area contributed by atoms with E-state index in [-0.39, 0.29) is 24.2 Å². The van der Waals surface area contributed by atoms with Gasteiger partial charge in [0.1, 0.15) is 5.82 Å². The Balaban J connectivity index is 0.00000280. The van der Waals surface area contributed by atoms with Crippen LogP contribution in [0.1, 0.15) is 18.4 Å². The molecule has 0 aliphatic carbocycles. The number of benzene rings is 1. The van der Waals surface area contributed by atoms with Gasteiger partial charge in [-0.3, -0.25) is 9.69 Å². The molecule has 2 aromatic rings. The number of nitrogens with two attached hydrogens (primary N) is 1. The summed E-state index contributed by atoms with van der Waals surface area (Å²) in [6.45, 7) is 3.67. The Bertz CT molecular complexity index is 725. The number of para-hydroxylation sites is 1. The second kappa shape index (κ2) is 11.0. The molecule has 1 fully saturated rings. The van der Waals surface area contributed by atoms with Gasteiger partial charge in [-0.1, -0.05) is 24.3 Å². The maximum atomic E-state index is 12.2. The molecule has 1 aromatic carbocycles. The van der Waals surface area contributed by atoms with E-state index >= 15 is 0 Å². The summed E-state index contributed by atoms with van der Waals surface area (Å²) in [5.41, 5.74) is 7.75. The average molecular weight is 404 g/mol. The first kappa shape index (κ1) is 22.1. The highest BCUT2D eigenvalue weighted by Crippen LogP contribution is 2.22. The number of nitrogens with one attached hydrogen (secondary N) is 1. The smallest absolute Gasteiger partial charge is 0.224 e. The van der Waals surface area contributed by atoms with Crippen LogP contribution in [0.25, 0.3) is 0 Å². The number of rotatable bonds is 7. The normalized spacial score (nSPS) is 16.9. The summed E-state index contributed by atoms with van der Waals surface area (Å²) in [4.78, 5) is 21.2. The van der Waals surface area contributed by atoms with Gasteiger partial charge in [0.15, 0.2) is 0 Å². The maximum absolute atomic E-state index is 12.2. The highest BCUT2D eigenvalue weighted by Gasteiger charge is 2.25. The van der Waals surface area contributed by atoms with Crippen LogP contribution in [0.3, 0.4) is 0 Å². The SMILES string of the molecule is CN(c1ccccc1)c1ccc(CN2CCCC(C(=O)NCCN)C2)cn1.Cl. The van der Waals surface area contributed by atoms with Crippen LogP contribution in [0.15, 0.2) is 48.7 Å². The van der Waals surface area contributed by atoms with Crippen molar-refractivity contribution in [3.63, 3.8) is 0 Å². The number of likely N-dealkylation sites (tertiary alicyclic amines) is 1. The first-order valence-corrected chi connectivity index (χ1v) is 9.61. The number of nitrogens with zero attached hydrogens (tertiary/aromatic N) is 3. The zero-order valence-electron chi connectivity index (χ0n) is 16.4. The van der Waals surface area contributed by atoms with Gasteiger partial charge in [-0.05, 0) is 43.1 Å². The van der Waals surface area contributed by atoms with Gasteiger partial charge in [-0.25, -0.2) is 4.98 Å². The van der Waals surface area contributed by atoms with Crippen molar-refractivity contribution in [1.82, 2.24) is 15.2 Å². The zero-order valence-corrected chi connectivity index (χ0v) is 17.2. The van der Waals surface area contributed by atoms with Crippen molar-refractivity contribution >= 4 is 29.8 Å². The van der Waals surface area contributed by atoms with Crippen LogP contribution < -0.4 is 16.0 Å². The molecule has 3 N–H and O–H groups in total. The number of carbonyl (C=O) groups is 1. The molecule has 2 heterocycles. The number of halogens is 1. The summed E-state index contributed by atoms with van der Waals surface area (Å²) in [6, 6.07) is 14.4. The minimum absolute atomic E-state index is 0. The molecule has 3 rings (SSSR count). The Hall–Kier alpha value is -2.15. The minimum atomic E-state index is 0. The van der Waals surface area contributed by atoms with E-state index in [4.69, 9.17) is 5.73 Å². The second-order valence-corrected chi connectivity index (χ2v) is 7.07. The first-order chi connectivity index (χ1) is 13.2. The standard InChI is InChI=1S/C21H29N5O.ClH/c1-25(19-7-3-2-4-8-19)20-10-9-17(14-24-20)15-26-13-5-6-18(16-26)21(27)23-12-11-22;/h2-4,7-10,14,18H,5-6,11-13,15-16,22H2,1H3,(H,23,27);1H. The summed E-state index contributed by atoms with van der Waals surface area (Å²) in [5, 5.41) is 2.91. The van der Waals surface area contributed by atoms with Gasteiger partial charge >= 0.3 is 0 Å². The van der Waals surface area contributed by atoms with Gasteiger partial charge in [0.2, 0.25) is 5.91 Å². The molecule has 0 radical (unpaired) electrons. The number of pyridine rings is 1. The predicted molar refractivity (Wildman–Crippen MR) is 116 cm³/mol. The van der Waals surface area contributed by atoms with Crippen molar-refractivity contribution in [1.29, 1.82) is 0 Å². The Kier molecular flexibility index (Phi) is 8.70. The lowest BCUT2D eigenvalue weighted by molar-refractivity contribution is -0.126. The number of hydrogen-bond donors (Lipinski definition) is 2. The van der Waals surface area contributed by atoms with Gasteiger partial charge in [0, 0.05) is 45.1 Å². The molecule has 1 aliphatic heterocycles. The number of anilines is 2. The van der Waals surface area contributed by atoms with Gasteiger partial charge in [0.25, 0.3) is 0 Å². The molecule has 1 amide bonds. The third kappa shape index (κ3) is 5.92. The molecule has 0 saturated carbocycles. The van der Waals surface area contributed by atoms with Crippen LogP contribution >= 0.6 is 12.4 Å². The van der Waals surface area contributed by atoms with Gasteiger partial charge in [-0.15, -0.1) is 12.4 Å². The van der Waals surface area contributed by atoms with E-state index in [2.05, 4.69) is 44.4 Å². The lowest BCUT2D eigenvalue weighted by atomic mass is 9.97. The summed E-state index contributed by atoms with van der Waals surface area (Å²) >= 11 is 0. The van der Waals surface area contributed by atoms with Crippen molar-refractivity contribution < 1.29 is 4.79 Å². The largest absolute Gasteiger partial charge is 0.355 e. The van der Waals surface area contributed by atoms with E-state index in [9.17, 15) is 4.79 Å². The topological polar surface area (TPSA) is 74.5 Å². The minimum Gasteiger partial charge on any atom is -0.355 e. The molecule has 1 unspecified atom stereocenters. The lowest BCUT2D eigenvalue weighted by Crippen LogP contribution is -2.43. The van der Waals surface area contributed by atoms with E-state index < -0.39 is 0 Å². The van der Waals surface area contributed by atoms with Crippen molar-refractivity contribution in [2.24, 2.45) is 11.7 Å². The third-order valence-corrected chi connectivity index (χ3v) is 5.02. The quantitative estimate of drug-likeness (QED) is 0.743. The zero-order chi connectivity index (χ0) is 19.1. The molecule has 6 nitrogen and oxygen atoms in total. The first-order valence-electron chi connectivity index (χ1n) is 9.61. The summed E-state index contributed by atoms with van der Waals surface area (Å²) < 4.78 is 0. The van der Waals surface area contributed by atoms with Crippen LogP contribution in [-0.2, 0) is 11.3 Å². The van der Waals surface area contributed by atoms with E-state index in [1.807, 2.05) is 31.4 Å². The predicted octanol–water partition coefficient (Wildman–Crippen LogP) is 2.56. The fourth-order valence-electron chi connectivity index (χ4n) is 3.50. The summed E-state index contributed by atoms with van der Waals surface area (Å²) in [5.74, 6) is 1.10. The average Bonchev–Trinajstić information content (AvgIpc) is 2.73. The summed E-state index contributed by atoms with van der Waals surface area (Å²) in [6.07, 6.45) is 3.93. The van der Waals surface area contributed by atoms with Crippen LogP contribution in [0.4, 0.5) is 11.5 Å². The summed E-state index contributed by atoms with van der Waals surface area (Å²) in [7, 11) is 2.02. The Labute approximate surface area is 173 Å². The van der Waals surface area contributed by atoms with Crippen molar-refractivity contribution in [2.45, 2.75) is 19.4 Å². The fraction of sp³-hybridized carbons (Fsp3) is 0.429.